The normalized spacial score (nSPS) is 12.6. The average Bonchev–Trinajstić information content (AvgIpc) is 2.73. The molecular formula is C14H18N2O. The fourth-order valence-corrected chi connectivity index (χ4v) is 1.99. The first-order chi connectivity index (χ1) is 8.19. The molecule has 2 aromatic rings. The molecule has 1 aromatic heterocycles. The van der Waals surface area contributed by atoms with E-state index in [1.165, 1.54) is 11.1 Å². The highest BCUT2D eigenvalue weighted by Crippen LogP contribution is 2.20. The molecule has 2 rings (SSSR count). The van der Waals surface area contributed by atoms with Gasteiger partial charge >= 0.3 is 0 Å². The number of hydrogen-bond donors (Lipinski definition) is 2. The number of benzene rings is 1. The Balaban J connectivity index is 2.15. The molecule has 0 fully saturated rings. The number of furan rings is 1. The molecule has 0 aliphatic rings. The summed E-state index contributed by atoms with van der Waals surface area (Å²) in [6.07, 6.45) is 2.62. The summed E-state index contributed by atoms with van der Waals surface area (Å²) < 4.78 is 5.31. The Hall–Kier alpha value is -1.58. The van der Waals surface area contributed by atoms with Crippen molar-refractivity contribution < 1.29 is 4.42 Å². The topological polar surface area (TPSA) is 51.2 Å². The van der Waals surface area contributed by atoms with E-state index in [0.717, 1.165) is 17.7 Å². The second-order valence-electron chi connectivity index (χ2n) is 4.40. The van der Waals surface area contributed by atoms with Gasteiger partial charge in [0.25, 0.3) is 0 Å². The first-order valence-electron chi connectivity index (χ1n) is 5.76. The number of hydrogen-bond acceptors (Lipinski definition) is 3. The lowest BCUT2D eigenvalue weighted by Gasteiger charge is -2.14. The molecule has 3 heteroatoms. The lowest BCUT2D eigenvalue weighted by Crippen LogP contribution is -2.29. The van der Waals surface area contributed by atoms with Crippen molar-refractivity contribution in [1.82, 2.24) is 5.43 Å². The quantitative estimate of drug-likeness (QED) is 0.627. The minimum atomic E-state index is 0.0919. The van der Waals surface area contributed by atoms with E-state index in [0.29, 0.717) is 0 Å². The van der Waals surface area contributed by atoms with Gasteiger partial charge in [-0.2, -0.15) is 0 Å². The van der Waals surface area contributed by atoms with Crippen LogP contribution in [0.5, 0.6) is 0 Å². The second kappa shape index (κ2) is 5.17. The Kier molecular flexibility index (Phi) is 3.61. The van der Waals surface area contributed by atoms with Crippen molar-refractivity contribution in [2.45, 2.75) is 26.3 Å². The van der Waals surface area contributed by atoms with Crippen molar-refractivity contribution in [3.63, 3.8) is 0 Å². The smallest absolute Gasteiger partial charge is 0.101 e. The molecule has 0 spiro atoms. The zero-order valence-corrected chi connectivity index (χ0v) is 10.2. The summed E-state index contributed by atoms with van der Waals surface area (Å²) in [4.78, 5) is 0. The van der Waals surface area contributed by atoms with E-state index < -0.39 is 0 Å². The van der Waals surface area contributed by atoms with Crippen LogP contribution >= 0.6 is 0 Å². The summed E-state index contributed by atoms with van der Waals surface area (Å²) in [7, 11) is 0. The van der Waals surface area contributed by atoms with E-state index >= 15 is 0 Å². The van der Waals surface area contributed by atoms with Crippen LogP contribution in [0.3, 0.4) is 0 Å². The third kappa shape index (κ3) is 2.96. The Bertz CT molecular complexity index is 490. The standard InChI is InChI=1S/C14H18N2O/c1-10-4-3-5-12(6-10)8-14(16-15)13-7-11(2)17-9-13/h3-7,9,14,16H,8,15H2,1-2H3. The van der Waals surface area contributed by atoms with Crippen molar-refractivity contribution in [2.75, 3.05) is 0 Å². The molecule has 0 saturated carbocycles. The van der Waals surface area contributed by atoms with Crippen LogP contribution in [-0.2, 0) is 6.42 Å². The van der Waals surface area contributed by atoms with Gasteiger partial charge in [0.2, 0.25) is 0 Å². The van der Waals surface area contributed by atoms with Crippen LogP contribution in [0.1, 0.15) is 28.5 Å². The molecule has 0 aliphatic heterocycles. The van der Waals surface area contributed by atoms with Crippen molar-refractivity contribution in [3.8, 4) is 0 Å². The fourth-order valence-electron chi connectivity index (χ4n) is 1.99. The van der Waals surface area contributed by atoms with Gasteiger partial charge < -0.3 is 4.42 Å². The second-order valence-corrected chi connectivity index (χ2v) is 4.40. The number of nitrogens with two attached hydrogens (primary N) is 1. The summed E-state index contributed by atoms with van der Waals surface area (Å²) in [6.45, 7) is 4.03. The van der Waals surface area contributed by atoms with Gasteiger partial charge in [-0.3, -0.25) is 11.3 Å². The van der Waals surface area contributed by atoms with Crippen LogP contribution in [0, 0.1) is 13.8 Å². The Morgan fingerprint density at radius 1 is 1.29 bits per heavy atom. The summed E-state index contributed by atoms with van der Waals surface area (Å²) >= 11 is 0. The van der Waals surface area contributed by atoms with Gasteiger partial charge in [0.15, 0.2) is 0 Å². The van der Waals surface area contributed by atoms with Crippen LogP contribution in [0.15, 0.2) is 41.0 Å². The highest BCUT2D eigenvalue weighted by atomic mass is 16.3. The van der Waals surface area contributed by atoms with Crippen LogP contribution < -0.4 is 11.3 Å². The predicted molar refractivity (Wildman–Crippen MR) is 68.4 cm³/mol. The molecule has 1 unspecified atom stereocenters. The molecule has 90 valence electrons. The Labute approximate surface area is 102 Å². The van der Waals surface area contributed by atoms with Gasteiger partial charge in [-0.05, 0) is 31.9 Å². The maximum absolute atomic E-state index is 5.61. The highest BCUT2D eigenvalue weighted by molar-refractivity contribution is 5.25. The molecule has 0 bridgehead atoms. The zero-order chi connectivity index (χ0) is 12.3. The van der Waals surface area contributed by atoms with E-state index in [2.05, 4.69) is 36.6 Å². The molecule has 3 N–H and O–H groups in total. The summed E-state index contributed by atoms with van der Waals surface area (Å²) in [5.41, 5.74) is 6.46. The number of hydrazine groups is 1. The van der Waals surface area contributed by atoms with Gasteiger partial charge in [-0.25, -0.2) is 0 Å². The molecule has 1 aromatic carbocycles. The Morgan fingerprint density at radius 2 is 2.12 bits per heavy atom. The molecule has 3 nitrogen and oxygen atoms in total. The highest BCUT2D eigenvalue weighted by Gasteiger charge is 2.12. The van der Waals surface area contributed by atoms with Crippen molar-refractivity contribution in [3.05, 3.63) is 59.0 Å². The molecule has 1 atom stereocenters. The average molecular weight is 230 g/mol. The Morgan fingerprint density at radius 3 is 2.71 bits per heavy atom. The molecule has 0 radical (unpaired) electrons. The molecule has 17 heavy (non-hydrogen) atoms. The van der Waals surface area contributed by atoms with E-state index in [1.54, 1.807) is 6.26 Å². The van der Waals surface area contributed by atoms with Gasteiger partial charge in [0.05, 0.1) is 12.3 Å². The fraction of sp³-hybridized carbons (Fsp3) is 0.286. The van der Waals surface area contributed by atoms with Gasteiger partial charge in [-0.15, -0.1) is 0 Å². The molecule has 0 aliphatic carbocycles. The maximum Gasteiger partial charge on any atom is 0.101 e. The summed E-state index contributed by atoms with van der Waals surface area (Å²) in [5, 5.41) is 0. The minimum Gasteiger partial charge on any atom is -0.469 e. The van der Waals surface area contributed by atoms with Crippen molar-refractivity contribution in [2.24, 2.45) is 5.84 Å². The van der Waals surface area contributed by atoms with Crippen LogP contribution in [0.4, 0.5) is 0 Å². The largest absolute Gasteiger partial charge is 0.469 e. The van der Waals surface area contributed by atoms with E-state index in [4.69, 9.17) is 10.3 Å². The minimum absolute atomic E-state index is 0.0919. The third-order valence-corrected chi connectivity index (χ3v) is 2.88. The lowest BCUT2D eigenvalue weighted by molar-refractivity contribution is 0.511. The summed E-state index contributed by atoms with van der Waals surface area (Å²) in [6, 6.07) is 10.6. The lowest BCUT2D eigenvalue weighted by atomic mass is 10.0. The number of nitrogens with one attached hydrogen (secondary N) is 1. The number of aryl methyl sites for hydroxylation is 2. The molecule has 0 amide bonds. The van der Waals surface area contributed by atoms with Crippen LogP contribution in [-0.4, -0.2) is 0 Å². The molecule has 0 saturated heterocycles. The van der Waals surface area contributed by atoms with Gasteiger partial charge in [0, 0.05) is 5.56 Å². The first kappa shape index (κ1) is 11.9. The van der Waals surface area contributed by atoms with Gasteiger partial charge in [0.1, 0.15) is 5.76 Å². The number of rotatable bonds is 4. The van der Waals surface area contributed by atoms with Crippen molar-refractivity contribution in [1.29, 1.82) is 0 Å². The molecular weight excluding hydrogens is 212 g/mol. The van der Waals surface area contributed by atoms with Crippen molar-refractivity contribution >= 4 is 0 Å². The third-order valence-electron chi connectivity index (χ3n) is 2.88. The predicted octanol–water partition coefficient (Wildman–Crippen LogP) is 2.64. The summed E-state index contributed by atoms with van der Waals surface area (Å²) in [5.74, 6) is 6.52. The van der Waals surface area contributed by atoms with E-state index in [-0.39, 0.29) is 6.04 Å². The van der Waals surface area contributed by atoms with E-state index in [9.17, 15) is 0 Å². The van der Waals surface area contributed by atoms with Crippen LogP contribution in [0.25, 0.3) is 0 Å². The molecule has 1 heterocycles. The van der Waals surface area contributed by atoms with Crippen LogP contribution in [0.2, 0.25) is 0 Å². The van der Waals surface area contributed by atoms with E-state index in [1.807, 2.05) is 13.0 Å². The first-order valence-corrected chi connectivity index (χ1v) is 5.76. The van der Waals surface area contributed by atoms with Gasteiger partial charge in [-0.1, -0.05) is 29.8 Å². The maximum atomic E-state index is 5.61. The zero-order valence-electron chi connectivity index (χ0n) is 10.2. The monoisotopic (exact) mass is 230 g/mol. The SMILES string of the molecule is Cc1cccc(CC(NN)c2coc(C)c2)c1.